The fraction of sp³-hybridized carbons (Fsp3) is 0.250. The standard InChI is InChI=1S/C20H21N3O2S/c1-14(2)12-23(13-18(24)22-20-21-10-11-26-20)19(25)17-9-5-7-15-6-3-4-8-16(15)17/h3-11,14H,12-13H2,1-2H3,(H,21,22,24). The van der Waals surface area contributed by atoms with E-state index >= 15 is 0 Å². The van der Waals surface area contributed by atoms with Gasteiger partial charge in [-0.1, -0.05) is 50.2 Å². The third-order valence-corrected chi connectivity index (χ3v) is 4.59. The number of carbonyl (C=O) groups is 2. The maximum absolute atomic E-state index is 13.2. The van der Waals surface area contributed by atoms with Crippen LogP contribution in [-0.4, -0.2) is 34.8 Å². The highest BCUT2D eigenvalue weighted by atomic mass is 32.1. The van der Waals surface area contributed by atoms with Crippen molar-refractivity contribution >= 4 is 39.1 Å². The predicted molar refractivity (Wildman–Crippen MR) is 105 cm³/mol. The minimum Gasteiger partial charge on any atom is -0.329 e. The van der Waals surface area contributed by atoms with Crippen molar-refractivity contribution in [2.75, 3.05) is 18.4 Å². The molecule has 134 valence electrons. The van der Waals surface area contributed by atoms with Crippen LogP contribution >= 0.6 is 11.3 Å². The molecule has 26 heavy (non-hydrogen) atoms. The predicted octanol–water partition coefficient (Wildman–Crippen LogP) is 4.03. The van der Waals surface area contributed by atoms with Gasteiger partial charge in [0.2, 0.25) is 5.91 Å². The van der Waals surface area contributed by atoms with Gasteiger partial charge >= 0.3 is 0 Å². The van der Waals surface area contributed by atoms with Gasteiger partial charge in [-0.3, -0.25) is 9.59 Å². The molecule has 3 aromatic rings. The van der Waals surface area contributed by atoms with E-state index in [2.05, 4.69) is 10.3 Å². The van der Waals surface area contributed by atoms with Crippen LogP contribution in [0.25, 0.3) is 10.8 Å². The van der Waals surface area contributed by atoms with E-state index in [0.717, 1.165) is 10.8 Å². The minimum absolute atomic E-state index is 0.000184. The molecule has 3 rings (SSSR count). The van der Waals surface area contributed by atoms with Crippen molar-refractivity contribution in [2.24, 2.45) is 5.92 Å². The van der Waals surface area contributed by atoms with Gasteiger partial charge in [0.1, 0.15) is 6.54 Å². The largest absolute Gasteiger partial charge is 0.329 e. The summed E-state index contributed by atoms with van der Waals surface area (Å²) in [4.78, 5) is 31.2. The second kappa shape index (κ2) is 8.10. The SMILES string of the molecule is CC(C)CN(CC(=O)Nc1nccs1)C(=O)c1cccc2ccccc12. The number of nitrogens with one attached hydrogen (secondary N) is 1. The lowest BCUT2D eigenvalue weighted by molar-refractivity contribution is -0.117. The quantitative estimate of drug-likeness (QED) is 0.715. The number of rotatable bonds is 6. The van der Waals surface area contributed by atoms with Crippen LogP contribution in [0.3, 0.4) is 0 Å². The molecule has 0 aliphatic heterocycles. The highest BCUT2D eigenvalue weighted by Gasteiger charge is 2.21. The Bertz CT molecular complexity index is 901. The summed E-state index contributed by atoms with van der Waals surface area (Å²) in [5.41, 5.74) is 0.616. The maximum Gasteiger partial charge on any atom is 0.254 e. The number of anilines is 1. The molecule has 1 aromatic heterocycles. The molecule has 0 aliphatic rings. The minimum atomic E-state index is -0.241. The first-order valence-electron chi connectivity index (χ1n) is 8.51. The zero-order valence-electron chi connectivity index (χ0n) is 14.8. The molecule has 2 amide bonds. The number of hydrogen-bond donors (Lipinski definition) is 1. The number of hydrogen-bond acceptors (Lipinski definition) is 4. The van der Waals surface area contributed by atoms with Crippen molar-refractivity contribution in [3.05, 3.63) is 59.6 Å². The molecule has 1 heterocycles. The highest BCUT2D eigenvalue weighted by Crippen LogP contribution is 2.20. The van der Waals surface area contributed by atoms with E-state index in [9.17, 15) is 9.59 Å². The Labute approximate surface area is 156 Å². The van der Waals surface area contributed by atoms with E-state index in [1.165, 1.54) is 11.3 Å². The molecule has 1 N–H and O–H groups in total. The van der Waals surface area contributed by atoms with E-state index in [0.29, 0.717) is 17.2 Å². The summed E-state index contributed by atoms with van der Waals surface area (Å²) in [6, 6.07) is 13.5. The number of nitrogens with zero attached hydrogens (tertiary/aromatic N) is 2. The van der Waals surface area contributed by atoms with Crippen LogP contribution < -0.4 is 5.32 Å². The van der Waals surface area contributed by atoms with Crippen LogP contribution in [0.2, 0.25) is 0 Å². The van der Waals surface area contributed by atoms with E-state index in [1.54, 1.807) is 16.5 Å². The summed E-state index contributed by atoms with van der Waals surface area (Å²) < 4.78 is 0. The Balaban J connectivity index is 1.84. The summed E-state index contributed by atoms with van der Waals surface area (Å²) in [5.74, 6) is -0.124. The fourth-order valence-corrected chi connectivity index (χ4v) is 3.40. The molecule has 2 aromatic carbocycles. The molecule has 0 fully saturated rings. The van der Waals surface area contributed by atoms with Crippen molar-refractivity contribution in [2.45, 2.75) is 13.8 Å². The normalized spacial score (nSPS) is 10.9. The molecule has 0 saturated carbocycles. The first-order chi connectivity index (χ1) is 12.5. The number of fused-ring (bicyclic) bond motifs is 1. The zero-order chi connectivity index (χ0) is 18.5. The Morgan fingerprint density at radius 1 is 1.15 bits per heavy atom. The summed E-state index contributed by atoms with van der Waals surface area (Å²) in [6.45, 7) is 4.57. The number of amides is 2. The first-order valence-corrected chi connectivity index (χ1v) is 9.39. The van der Waals surface area contributed by atoms with E-state index in [1.807, 2.05) is 56.3 Å². The Kier molecular flexibility index (Phi) is 5.63. The van der Waals surface area contributed by atoms with Crippen molar-refractivity contribution in [3.63, 3.8) is 0 Å². The maximum atomic E-state index is 13.2. The molecule has 0 atom stereocenters. The van der Waals surface area contributed by atoms with Gasteiger partial charge in [0.05, 0.1) is 0 Å². The van der Waals surface area contributed by atoms with Gasteiger partial charge in [-0.2, -0.15) is 0 Å². The van der Waals surface area contributed by atoms with Crippen molar-refractivity contribution in [3.8, 4) is 0 Å². The van der Waals surface area contributed by atoms with Crippen molar-refractivity contribution < 1.29 is 9.59 Å². The molecule has 0 aliphatic carbocycles. The Hall–Kier alpha value is -2.73. The van der Waals surface area contributed by atoms with Gasteiger partial charge < -0.3 is 10.2 Å². The average Bonchev–Trinajstić information content (AvgIpc) is 3.12. The fourth-order valence-electron chi connectivity index (χ4n) is 2.86. The molecule has 6 heteroatoms. The summed E-state index contributed by atoms with van der Waals surface area (Å²) >= 11 is 1.35. The van der Waals surface area contributed by atoms with Crippen LogP contribution in [-0.2, 0) is 4.79 Å². The highest BCUT2D eigenvalue weighted by molar-refractivity contribution is 7.13. The summed E-state index contributed by atoms with van der Waals surface area (Å²) in [7, 11) is 0. The molecule has 0 bridgehead atoms. The van der Waals surface area contributed by atoms with Crippen molar-refractivity contribution in [1.82, 2.24) is 9.88 Å². The molecular weight excluding hydrogens is 346 g/mol. The molecule has 0 unspecified atom stereocenters. The van der Waals surface area contributed by atoms with Gasteiger partial charge in [-0.25, -0.2) is 4.98 Å². The van der Waals surface area contributed by atoms with Gasteiger partial charge in [0.15, 0.2) is 5.13 Å². The lowest BCUT2D eigenvalue weighted by Crippen LogP contribution is -2.40. The van der Waals surface area contributed by atoms with Gasteiger partial charge in [-0.15, -0.1) is 11.3 Å². The molecular formula is C20H21N3O2S. The molecule has 0 spiro atoms. The third kappa shape index (κ3) is 4.26. The van der Waals surface area contributed by atoms with Crippen LogP contribution in [0.15, 0.2) is 54.0 Å². The lowest BCUT2D eigenvalue weighted by Gasteiger charge is -2.24. The van der Waals surface area contributed by atoms with Crippen molar-refractivity contribution in [1.29, 1.82) is 0 Å². The topological polar surface area (TPSA) is 62.3 Å². The number of thiazole rings is 1. The lowest BCUT2D eigenvalue weighted by atomic mass is 10.0. The van der Waals surface area contributed by atoms with Crippen LogP contribution in [0.1, 0.15) is 24.2 Å². The second-order valence-corrected chi connectivity index (χ2v) is 7.39. The average molecular weight is 367 g/mol. The van der Waals surface area contributed by atoms with Crippen LogP contribution in [0, 0.1) is 5.92 Å². The van der Waals surface area contributed by atoms with E-state index in [4.69, 9.17) is 0 Å². The number of carbonyl (C=O) groups excluding carboxylic acids is 2. The number of aromatic nitrogens is 1. The van der Waals surface area contributed by atoms with Crippen LogP contribution in [0.5, 0.6) is 0 Å². The van der Waals surface area contributed by atoms with E-state index < -0.39 is 0 Å². The van der Waals surface area contributed by atoms with Gasteiger partial charge in [-0.05, 0) is 22.8 Å². The number of benzene rings is 2. The Morgan fingerprint density at radius 3 is 2.65 bits per heavy atom. The van der Waals surface area contributed by atoms with Crippen LogP contribution in [0.4, 0.5) is 5.13 Å². The summed E-state index contributed by atoms with van der Waals surface area (Å²) in [6.07, 6.45) is 1.63. The van der Waals surface area contributed by atoms with Gasteiger partial charge in [0.25, 0.3) is 5.91 Å². The first kappa shape index (κ1) is 18.1. The zero-order valence-corrected chi connectivity index (χ0v) is 15.6. The van der Waals surface area contributed by atoms with E-state index in [-0.39, 0.29) is 24.3 Å². The van der Waals surface area contributed by atoms with Gasteiger partial charge in [0, 0.05) is 23.7 Å². The monoisotopic (exact) mass is 367 g/mol. The second-order valence-electron chi connectivity index (χ2n) is 6.49. The molecule has 0 radical (unpaired) electrons. The third-order valence-electron chi connectivity index (χ3n) is 3.91. The molecule has 0 saturated heterocycles. The Morgan fingerprint density at radius 2 is 1.92 bits per heavy atom. The smallest absolute Gasteiger partial charge is 0.254 e. The summed E-state index contributed by atoms with van der Waals surface area (Å²) in [5, 5.41) is 6.98. The molecule has 5 nitrogen and oxygen atoms in total.